The van der Waals surface area contributed by atoms with E-state index in [1.807, 2.05) is 38.1 Å². The molecule has 0 saturated heterocycles. The van der Waals surface area contributed by atoms with Gasteiger partial charge >= 0.3 is 0 Å². The SMILES string of the molecule is CCC(=O)N(Cc1ccccc1C)[C@H](C)C(=O)NC. The summed E-state index contributed by atoms with van der Waals surface area (Å²) >= 11 is 0. The Hall–Kier alpha value is -1.84. The van der Waals surface area contributed by atoms with Crippen molar-refractivity contribution in [1.82, 2.24) is 10.2 Å². The molecule has 0 aromatic heterocycles. The number of nitrogens with zero attached hydrogens (tertiary/aromatic N) is 1. The van der Waals surface area contributed by atoms with Crippen molar-refractivity contribution >= 4 is 11.8 Å². The van der Waals surface area contributed by atoms with Gasteiger partial charge in [-0.3, -0.25) is 9.59 Å². The minimum Gasteiger partial charge on any atom is -0.357 e. The third-order valence-electron chi connectivity index (χ3n) is 3.32. The Morgan fingerprint density at radius 1 is 1.32 bits per heavy atom. The molecule has 0 heterocycles. The van der Waals surface area contributed by atoms with Crippen molar-refractivity contribution in [3.63, 3.8) is 0 Å². The number of hydrogen-bond donors (Lipinski definition) is 1. The molecule has 0 aliphatic heterocycles. The van der Waals surface area contributed by atoms with Crippen LogP contribution in [0.4, 0.5) is 0 Å². The Morgan fingerprint density at radius 3 is 2.47 bits per heavy atom. The summed E-state index contributed by atoms with van der Waals surface area (Å²) in [5.41, 5.74) is 2.19. The molecular weight excluding hydrogens is 240 g/mol. The lowest BCUT2D eigenvalue weighted by molar-refractivity contribution is -0.140. The summed E-state index contributed by atoms with van der Waals surface area (Å²) in [6.45, 7) is 6.04. The fourth-order valence-corrected chi connectivity index (χ4v) is 1.97. The summed E-state index contributed by atoms with van der Waals surface area (Å²) in [5, 5.41) is 2.59. The number of amides is 2. The number of nitrogens with one attached hydrogen (secondary N) is 1. The fourth-order valence-electron chi connectivity index (χ4n) is 1.97. The monoisotopic (exact) mass is 262 g/mol. The van der Waals surface area contributed by atoms with Gasteiger partial charge in [-0.05, 0) is 25.0 Å². The fraction of sp³-hybridized carbons (Fsp3) is 0.467. The normalized spacial score (nSPS) is 11.8. The number of hydrogen-bond acceptors (Lipinski definition) is 2. The molecule has 104 valence electrons. The number of benzene rings is 1. The van der Waals surface area contributed by atoms with Crippen LogP contribution in [0.25, 0.3) is 0 Å². The summed E-state index contributed by atoms with van der Waals surface area (Å²) in [4.78, 5) is 25.4. The summed E-state index contributed by atoms with van der Waals surface area (Å²) in [6.07, 6.45) is 0.396. The van der Waals surface area contributed by atoms with E-state index in [1.54, 1.807) is 18.9 Å². The van der Waals surface area contributed by atoms with E-state index in [4.69, 9.17) is 0 Å². The van der Waals surface area contributed by atoms with Gasteiger partial charge in [-0.2, -0.15) is 0 Å². The lowest BCUT2D eigenvalue weighted by Gasteiger charge is -2.28. The van der Waals surface area contributed by atoms with Crippen LogP contribution in [-0.4, -0.2) is 29.8 Å². The van der Waals surface area contributed by atoms with Crippen molar-refractivity contribution in [1.29, 1.82) is 0 Å². The van der Waals surface area contributed by atoms with Crippen LogP contribution in [0.3, 0.4) is 0 Å². The van der Waals surface area contributed by atoms with Gasteiger partial charge in [-0.15, -0.1) is 0 Å². The lowest BCUT2D eigenvalue weighted by Crippen LogP contribution is -2.46. The first-order valence-corrected chi connectivity index (χ1v) is 6.56. The van der Waals surface area contributed by atoms with Gasteiger partial charge in [0.15, 0.2) is 0 Å². The van der Waals surface area contributed by atoms with E-state index >= 15 is 0 Å². The van der Waals surface area contributed by atoms with E-state index in [9.17, 15) is 9.59 Å². The van der Waals surface area contributed by atoms with E-state index in [2.05, 4.69) is 5.32 Å². The van der Waals surface area contributed by atoms with Gasteiger partial charge in [0.2, 0.25) is 11.8 Å². The number of aryl methyl sites for hydroxylation is 1. The summed E-state index contributed by atoms with van der Waals surface area (Å²) in [5.74, 6) is -0.158. The maximum Gasteiger partial charge on any atom is 0.242 e. The second kappa shape index (κ2) is 6.92. The lowest BCUT2D eigenvalue weighted by atomic mass is 10.1. The minimum absolute atomic E-state index is 0.0145. The predicted molar refractivity (Wildman–Crippen MR) is 75.5 cm³/mol. The Morgan fingerprint density at radius 2 is 1.95 bits per heavy atom. The highest BCUT2D eigenvalue weighted by atomic mass is 16.2. The van der Waals surface area contributed by atoms with Gasteiger partial charge in [-0.25, -0.2) is 0 Å². The van der Waals surface area contributed by atoms with Gasteiger partial charge < -0.3 is 10.2 Å². The highest BCUT2D eigenvalue weighted by Crippen LogP contribution is 2.14. The van der Waals surface area contributed by atoms with Gasteiger partial charge in [-0.1, -0.05) is 31.2 Å². The van der Waals surface area contributed by atoms with Crippen molar-refractivity contribution in [3.8, 4) is 0 Å². The highest BCUT2D eigenvalue weighted by molar-refractivity contribution is 5.87. The van der Waals surface area contributed by atoms with Gasteiger partial charge in [0.1, 0.15) is 6.04 Å². The second-order valence-electron chi connectivity index (χ2n) is 4.59. The van der Waals surface area contributed by atoms with Crippen LogP contribution < -0.4 is 5.32 Å². The van der Waals surface area contributed by atoms with Crippen LogP contribution in [-0.2, 0) is 16.1 Å². The molecule has 1 atom stereocenters. The molecule has 1 rings (SSSR count). The first-order valence-electron chi connectivity index (χ1n) is 6.56. The average Bonchev–Trinajstić information content (AvgIpc) is 2.44. The molecule has 0 aliphatic carbocycles. The van der Waals surface area contributed by atoms with Crippen LogP contribution in [0.1, 0.15) is 31.4 Å². The molecule has 1 aromatic carbocycles. The molecule has 0 fully saturated rings. The van der Waals surface area contributed by atoms with E-state index in [1.165, 1.54) is 0 Å². The molecule has 1 N–H and O–H groups in total. The smallest absolute Gasteiger partial charge is 0.242 e. The van der Waals surface area contributed by atoms with E-state index in [0.717, 1.165) is 11.1 Å². The Kier molecular flexibility index (Phi) is 5.55. The number of likely N-dealkylation sites (N-methyl/N-ethyl adjacent to an activating group) is 1. The van der Waals surface area contributed by atoms with Crippen molar-refractivity contribution < 1.29 is 9.59 Å². The summed E-state index contributed by atoms with van der Waals surface area (Å²) in [6, 6.07) is 7.45. The number of carbonyl (C=O) groups excluding carboxylic acids is 2. The molecule has 0 aliphatic rings. The number of carbonyl (C=O) groups is 2. The molecule has 0 bridgehead atoms. The van der Waals surface area contributed by atoms with E-state index in [0.29, 0.717) is 13.0 Å². The quantitative estimate of drug-likeness (QED) is 0.880. The molecular formula is C15H22N2O2. The molecule has 4 heteroatoms. The first kappa shape index (κ1) is 15.2. The second-order valence-corrected chi connectivity index (χ2v) is 4.59. The molecule has 4 nitrogen and oxygen atoms in total. The van der Waals surface area contributed by atoms with Crippen LogP contribution in [0.15, 0.2) is 24.3 Å². The zero-order valence-corrected chi connectivity index (χ0v) is 12.1. The molecule has 19 heavy (non-hydrogen) atoms. The molecule has 2 amide bonds. The largest absolute Gasteiger partial charge is 0.357 e. The van der Waals surface area contributed by atoms with Crippen molar-refractivity contribution in [2.24, 2.45) is 0 Å². The molecule has 0 radical (unpaired) electrons. The number of rotatable bonds is 5. The van der Waals surface area contributed by atoms with Gasteiger partial charge in [0, 0.05) is 20.0 Å². The molecule has 0 unspecified atom stereocenters. The Labute approximate surface area is 114 Å². The van der Waals surface area contributed by atoms with Crippen LogP contribution in [0.2, 0.25) is 0 Å². The zero-order chi connectivity index (χ0) is 14.4. The van der Waals surface area contributed by atoms with E-state index < -0.39 is 6.04 Å². The zero-order valence-electron chi connectivity index (χ0n) is 12.1. The van der Waals surface area contributed by atoms with Crippen molar-refractivity contribution in [3.05, 3.63) is 35.4 Å². The third kappa shape index (κ3) is 3.81. The molecule has 0 spiro atoms. The summed E-state index contributed by atoms with van der Waals surface area (Å²) in [7, 11) is 1.58. The molecule has 0 saturated carbocycles. The minimum atomic E-state index is -0.461. The maximum absolute atomic E-state index is 12.0. The van der Waals surface area contributed by atoms with Crippen LogP contribution >= 0.6 is 0 Å². The third-order valence-corrected chi connectivity index (χ3v) is 3.32. The van der Waals surface area contributed by atoms with Gasteiger partial charge in [0.05, 0.1) is 0 Å². The standard InChI is InChI=1S/C15H22N2O2/c1-5-14(18)17(12(3)15(19)16-4)10-13-9-7-6-8-11(13)2/h6-9,12H,5,10H2,1-4H3,(H,16,19)/t12-/m1/s1. The Bertz CT molecular complexity index is 457. The topological polar surface area (TPSA) is 49.4 Å². The van der Waals surface area contributed by atoms with Gasteiger partial charge in [0.25, 0.3) is 0 Å². The van der Waals surface area contributed by atoms with Crippen LogP contribution in [0.5, 0.6) is 0 Å². The molecule has 1 aromatic rings. The highest BCUT2D eigenvalue weighted by Gasteiger charge is 2.24. The Balaban J connectivity index is 2.96. The predicted octanol–water partition coefficient (Wildman–Crippen LogP) is 1.87. The van der Waals surface area contributed by atoms with Crippen molar-refractivity contribution in [2.45, 2.75) is 39.8 Å². The first-order chi connectivity index (χ1) is 9.01. The maximum atomic E-state index is 12.0. The average molecular weight is 262 g/mol. The van der Waals surface area contributed by atoms with Crippen molar-refractivity contribution in [2.75, 3.05) is 7.05 Å². The summed E-state index contributed by atoms with van der Waals surface area (Å²) < 4.78 is 0. The van der Waals surface area contributed by atoms with Crippen LogP contribution in [0, 0.1) is 6.92 Å². The van der Waals surface area contributed by atoms with E-state index in [-0.39, 0.29) is 11.8 Å².